The fraction of sp³-hybridized carbons (Fsp3) is 0.500. The Kier molecular flexibility index (Phi) is 4.98. The van der Waals surface area contributed by atoms with Crippen molar-refractivity contribution >= 4 is 15.7 Å². The number of phenolic OH excluding ortho intramolecular Hbond substituents is 1. The van der Waals surface area contributed by atoms with Crippen LogP contribution in [0.4, 0.5) is 5.69 Å². The van der Waals surface area contributed by atoms with Crippen LogP contribution in [0.3, 0.4) is 0 Å². The van der Waals surface area contributed by atoms with E-state index in [1.807, 2.05) is 13.8 Å². The lowest BCUT2D eigenvalue weighted by atomic mass is 10.2. The Morgan fingerprint density at radius 3 is 2.61 bits per heavy atom. The molecule has 102 valence electrons. The van der Waals surface area contributed by atoms with Gasteiger partial charge in [-0.25, -0.2) is 8.42 Å². The zero-order chi connectivity index (χ0) is 13.8. The van der Waals surface area contributed by atoms with E-state index < -0.39 is 10.0 Å². The summed E-state index contributed by atoms with van der Waals surface area (Å²) >= 11 is 0. The normalized spacial score (nSPS) is 11.8. The maximum absolute atomic E-state index is 11.8. The van der Waals surface area contributed by atoms with Crippen LogP contribution >= 0.6 is 0 Å². The Bertz CT molecular complexity index is 497. The molecule has 0 bridgehead atoms. The van der Waals surface area contributed by atoms with Gasteiger partial charge >= 0.3 is 0 Å². The lowest BCUT2D eigenvalue weighted by molar-refractivity contribution is 0.0913. The lowest BCUT2D eigenvalue weighted by Gasteiger charge is -2.12. The highest BCUT2D eigenvalue weighted by Gasteiger charge is 2.12. The highest BCUT2D eigenvalue weighted by atomic mass is 32.2. The second-order valence-corrected chi connectivity index (χ2v) is 6.18. The van der Waals surface area contributed by atoms with Gasteiger partial charge in [-0.2, -0.15) is 0 Å². The smallest absolute Gasteiger partial charge is 0.235 e. The van der Waals surface area contributed by atoms with E-state index in [0.29, 0.717) is 11.3 Å². The molecule has 5 nitrogen and oxygen atoms in total. The Hall–Kier alpha value is -1.27. The van der Waals surface area contributed by atoms with Crippen LogP contribution in [0.15, 0.2) is 18.2 Å². The Morgan fingerprint density at radius 1 is 1.39 bits per heavy atom. The Balaban J connectivity index is 2.65. The first-order valence-electron chi connectivity index (χ1n) is 5.72. The number of rotatable bonds is 6. The zero-order valence-electron chi connectivity index (χ0n) is 10.8. The summed E-state index contributed by atoms with van der Waals surface area (Å²) in [5.41, 5.74) is 1.14. The minimum Gasteiger partial charge on any atom is -0.508 e. The summed E-state index contributed by atoms with van der Waals surface area (Å²) in [6, 6.07) is 4.48. The number of hydrogen-bond donors (Lipinski definition) is 2. The summed E-state index contributed by atoms with van der Waals surface area (Å²) in [6.07, 6.45) is 0.00982. The third kappa shape index (κ3) is 4.93. The van der Waals surface area contributed by atoms with Crippen LogP contribution in [-0.2, 0) is 14.8 Å². The van der Waals surface area contributed by atoms with Gasteiger partial charge < -0.3 is 9.84 Å². The topological polar surface area (TPSA) is 75.6 Å². The molecule has 18 heavy (non-hydrogen) atoms. The molecule has 1 rings (SSSR count). The highest BCUT2D eigenvalue weighted by molar-refractivity contribution is 7.92. The van der Waals surface area contributed by atoms with E-state index in [4.69, 9.17) is 4.74 Å². The molecule has 6 heteroatoms. The number of sulfonamides is 1. The van der Waals surface area contributed by atoms with Gasteiger partial charge in [-0.1, -0.05) is 0 Å². The molecule has 0 spiro atoms. The quantitative estimate of drug-likeness (QED) is 0.776. The molecule has 1 aromatic rings. The molecule has 1 aromatic carbocycles. The van der Waals surface area contributed by atoms with Crippen molar-refractivity contribution in [3.63, 3.8) is 0 Å². The summed E-state index contributed by atoms with van der Waals surface area (Å²) in [4.78, 5) is 0. The molecule has 0 aliphatic carbocycles. The van der Waals surface area contributed by atoms with Gasteiger partial charge in [0.15, 0.2) is 0 Å². The number of phenols is 1. The van der Waals surface area contributed by atoms with Crippen molar-refractivity contribution < 1.29 is 18.3 Å². The molecule has 0 amide bonds. The second-order valence-electron chi connectivity index (χ2n) is 4.34. The van der Waals surface area contributed by atoms with Crippen LogP contribution in [0.5, 0.6) is 5.75 Å². The summed E-state index contributed by atoms with van der Waals surface area (Å²) in [6.45, 7) is 5.58. The lowest BCUT2D eigenvalue weighted by Crippen LogP contribution is -2.21. The number of aromatic hydroxyl groups is 1. The molecule has 0 aliphatic rings. The molecule has 2 N–H and O–H groups in total. The molecule has 0 saturated carbocycles. The fourth-order valence-corrected chi connectivity index (χ4v) is 2.36. The Morgan fingerprint density at radius 2 is 2.06 bits per heavy atom. The van der Waals surface area contributed by atoms with Crippen LogP contribution in [0.1, 0.15) is 19.4 Å². The van der Waals surface area contributed by atoms with Gasteiger partial charge in [-0.15, -0.1) is 0 Å². The van der Waals surface area contributed by atoms with Gasteiger partial charge in [0, 0.05) is 0 Å². The summed E-state index contributed by atoms with van der Waals surface area (Å²) in [7, 11) is -3.42. The molecule has 0 aliphatic heterocycles. The van der Waals surface area contributed by atoms with E-state index in [0.717, 1.165) is 0 Å². The summed E-state index contributed by atoms with van der Waals surface area (Å²) < 4.78 is 31.2. The number of hydrogen-bond acceptors (Lipinski definition) is 4. The number of nitrogens with one attached hydrogen (secondary N) is 1. The third-order valence-electron chi connectivity index (χ3n) is 2.28. The molecule has 0 radical (unpaired) electrons. The average Bonchev–Trinajstić information content (AvgIpc) is 2.21. The molecule has 0 aromatic heterocycles. The van der Waals surface area contributed by atoms with Crippen LogP contribution in [0.25, 0.3) is 0 Å². The van der Waals surface area contributed by atoms with Gasteiger partial charge in [-0.05, 0) is 44.5 Å². The Labute approximate surface area is 108 Å². The molecule has 0 saturated heterocycles. The number of aryl methyl sites for hydroxylation is 1. The molecule has 0 atom stereocenters. The van der Waals surface area contributed by atoms with Gasteiger partial charge in [0.1, 0.15) is 5.75 Å². The van der Waals surface area contributed by atoms with Crippen molar-refractivity contribution in [2.75, 3.05) is 17.1 Å². The second kappa shape index (κ2) is 6.06. The van der Waals surface area contributed by atoms with Crippen molar-refractivity contribution in [2.45, 2.75) is 26.9 Å². The average molecular weight is 273 g/mol. The summed E-state index contributed by atoms with van der Waals surface area (Å²) in [5.74, 6) is 0.0180. The predicted molar refractivity (Wildman–Crippen MR) is 71.3 cm³/mol. The van der Waals surface area contributed by atoms with E-state index in [-0.39, 0.29) is 24.2 Å². The van der Waals surface area contributed by atoms with E-state index in [1.54, 1.807) is 6.92 Å². The van der Waals surface area contributed by atoms with Crippen LogP contribution < -0.4 is 4.72 Å². The van der Waals surface area contributed by atoms with Gasteiger partial charge in [0.05, 0.1) is 24.2 Å². The van der Waals surface area contributed by atoms with E-state index in [1.165, 1.54) is 18.2 Å². The van der Waals surface area contributed by atoms with Crippen molar-refractivity contribution in [1.29, 1.82) is 0 Å². The molecule has 0 heterocycles. The van der Waals surface area contributed by atoms with Gasteiger partial charge in [-0.3, -0.25) is 4.72 Å². The van der Waals surface area contributed by atoms with Crippen LogP contribution in [0.2, 0.25) is 0 Å². The maximum atomic E-state index is 11.8. The van der Waals surface area contributed by atoms with E-state index in [2.05, 4.69) is 4.72 Å². The minimum atomic E-state index is -3.42. The molecular formula is C12H19NO4S. The first-order valence-corrected chi connectivity index (χ1v) is 7.37. The van der Waals surface area contributed by atoms with Gasteiger partial charge in [0.25, 0.3) is 0 Å². The van der Waals surface area contributed by atoms with E-state index >= 15 is 0 Å². The number of benzene rings is 1. The minimum absolute atomic E-state index is 0.00982. The highest BCUT2D eigenvalue weighted by Crippen LogP contribution is 2.21. The maximum Gasteiger partial charge on any atom is 0.235 e. The molecule has 0 fully saturated rings. The zero-order valence-corrected chi connectivity index (χ0v) is 11.6. The van der Waals surface area contributed by atoms with E-state index in [9.17, 15) is 13.5 Å². The van der Waals surface area contributed by atoms with Crippen molar-refractivity contribution in [2.24, 2.45) is 0 Å². The van der Waals surface area contributed by atoms with Crippen molar-refractivity contribution in [3.05, 3.63) is 23.8 Å². The first-order chi connectivity index (χ1) is 8.30. The van der Waals surface area contributed by atoms with Crippen molar-refractivity contribution in [3.8, 4) is 5.75 Å². The van der Waals surface area contributed by atoms with Crippen LogP contribution in [-0.4, -0.2) is 32.0 Å². The standard InChI is InChI=1S/C12H19NO4S/c1-9(2)17-6-7-18(15,16)13-12-5-4-11(14)8-10(12)3/h4-5,8-9,13-14H,6-7H2,1-3H3. The predicted octanol–water partition coefficient (Wildman–Crippen LogP) is 1.87. The SMILES string of the molecule is Cc1cc(O)ccc1NS(=O)(=O)CCOC(C)C. The molecular weight excluding hydrogens is 254 g/mol. The van der Waals surface area contributed by atoms with Gasteiger partial charge in [0.2, 0.25) is 10.0 Å². The number of anilines is 1. The first kappa shape index (κ1) is 14.8. The largest absolute Gasteiger partial charge is 0.508 e. The fourth-order valence-electron chi connectivity index (χ4n) is 1.37. The molecule has 0 unspecified atom stereocenters. The monoisotopic (exact) mass is 273 g/mol. The third-order valence-corrected chi connectivity index (χ3v) is 3.51. The number of ether oxygens (including phenoxy) is 1. The van der Waals surface area contributed by atoms with Crippen LogP contribution in [0, 0.1) is 6.92 Å². The summed E-state index contributed by atoms with van der Waals surface area (Å²) in [5, 5.41) is 9.24. The van der Waals surface area contributed by atoms with Crippen molar-refractivity contribution in [1.82, 2.24) is 0 Å².